The lowest BCUT2D eigenvalue weighted by Gasteiger charge is -2.35. The minimum Gasteiger partial charge on any atom is -0.383 e. The van der Waals surface area contributed by atoms with Crippen LogP contribution in [0.4, 0.5) is 5.82 Å². The summed E-state index contributed by atoms with van der Waals surface area (Å²) in [4.78, 5) is 11.7. The molecule has 1 saturated heterocycles. The minimum absolute atomic E-state index is 0.349. The largest absolute Gasteiger partial charge is 0.383 e. The van der Waals surface area contributed by atoms with Gasteiger partial charge in [-0.2, -0.15) is 10.2 Å². The topological polar surface area (TPSA) is 100 Å². The number of methoxy groups -OCH3 is 1. The van der Waals surface area contributed by atoms with Crippen molar-refractivity contribution in [1.29, 1.82) is 5.26 Å². The molecule has 174 valence electrons. The fourth-order valence-electron chi connectivity index (χ4n) is 4.54. The maximum atomic E-state index is 10.2. The number of ether oxygens (including phenoxy) is 1. The summed E-state index contributed by atoms with van der Waals surface area (Å²) < 4.78 is 10.9. The number of hydrogen-bond acceptors (Lipinski definition) is 8. The van der Waals surface area contributed by atoms with Crippen LogP contribution in [0.1, 0.15) is 50.1 Å². The zero-order valence-electron chi connectivity index (χ0n) is 19.9. The second-order valence-corrected chi connectivity index (χ2v) is 8.64. The molecule has 8 nitrogen and oxygen atoms in total. The van der Waals surface area contributed by atoms with Crippen LogP contribution in [0, 0.1) is 18.3 Å². The molecule has 3 heterocycles. The molecule has 1 fully saturated rings. The van der Waals surface area contributed by atoms with Crippen molar-refractivity contribution in [3.05, 3.63) is 35.2 Å². The predicted molar refractivity (Wildman–Crippen MR) is 128 cm³/mol. The highest BCUT2D eigenvalue weighted by atomic mass is 16.5. The number of hydrogen-bond donors (Lipinski definition) is 1. The molecule has 1 atom stereocenters. The number of rotatable bonds is 8. The van der Waals surface area contributed by atoms with Crippen LogP contribution in [-0.2, 0) is 11.2 Å². The quantitative estimate of drug-likeness (QED) is 0.552. The molecule has 0 radical (unpaired) electrons. The van der Waals surface area contributed by atoms with E-state index in [0.29, 0.717) is 34.9 Å². The second kappa shape index (κ2) is 10.3. The van der Waals surface area contributed by atoms with Crippen LogP contribution in [0.3, 0.4) is 0 Å². The third kappa shape index (κ3) is 4.85. The van der Waals surface area contributed by atoms with Gasteiger partial charge in [-0.1, -0.05) is 25.1 Å². The van der Waals surface area contributed by atoms with Crippen molar-refractivity contribution in [2.24, 2.45) is 0 Å². The summed E-state index contributed by atoms with van der Waals surface area (Å²) in [5, 5.41) is 18.7. The first-order valence-electron chi connectivity index (χ1n) is 11.7. The highest BCUT2D eigenvalue weighted by molar-refractivity contribution is 5.95. The number of aryl methyl sites for hydroxylation is 2. The van der Waals surface area contributed by atoms with Crippen LogP contribution < -0.4 is 10.2 Å². The zero-order valence-corrected chi connectivity index (χ0v) is 19.9. The number of nitrogens with one attached hydrogen (secondary N) is 1. The standard InChI is InChI=1S/C25H32N6O2/c1-5-17-7-8-22-20(13-17)21(14-26)23(25-27-16(3)30-33-25)24(29-22)31-11-9-19(10-12-31)28-18(6-2)15-32-4/h7-8,13,18-19,28H,5-6,9-12,15H2,1-4H3. The molecular weight excluding hydrogens is 416 g/mol. The third-order valence-electron chi connectivity index (χ3n) is 6.42. The Morgan fingerprint density at radius 2 is 2.06 bits per heavy atom. The van der Waals surface area contributed by atoms with Gasteiger partial charge in [0.1, 0.15) is 17.5 Å². The summed E-state index contributed by atoms with van der Waals surface area (Å²) in [5.74, 6) is 1.63. The van der Waals surface area contributed by atoms with Crippen LogP contribution in [0.25, 0.3) is 22.4 Å². The van der Waals surface area contributed by atoms with Crippen molar-refractivity contribution < 1.29 is 9.26 Å². The summed E-state index contributed by atoms with van der Waals surface area (Å²) in [5.41, 5.74) is 3.15. The third-order valence-corrected chi connectivity index (χ3v) is 6.42. The van der Waals surface area contributed by atoms with Crippen molar-refractivity contribution in [1.82, 2.24) is 20.4 Å². The van der Waals surface area contributed by atoms with Crippen LogP contribution in [0.2, 0.25) is 0 Å². The van der Waals surface area contributed by atoms with Gasteiger partial charge in [-0.3, -0.25) is 0 Å². The summed E-state index contributed by atoms with van der Waals surface area (Å²) in [6, 6.07) is 9.34. The van der Waals surface area contributed by atoms with E-state index in [2.05, 4.69) is 46.3 Å². The molecule has 1 N–H and O–H groups in total. The molecular formula is C25H32N6O2. The van der Waals surface area contributed by atoms with Gasteiger partial charge in [-0.25, -0.2) is 4.98 Å². The maximum absolute atomic E-state index is 10.2. The molecule has 1 aliphatic rings. The zero-order chi connectivity index (χ0) is 23.4. The Morgan fingerprint density at radius 3 is 2.67 bits per heavy atom. The van der Waals surface area contributed by atoms with Crippen molar-refractivity contribution in [2.75, 3.05) is 31.7 Å². The molecule has 3 aromatic rings. The molecule has 2 aromatic heterocycles. The Bertz CT molecular complexity index is 1140. The van der Waals surface area contributed by atoms with E-state index in [1.54, 1.807) is 14.0 Å². The van der Waals surface area contributed by atoms with Crippen molar-refractivity contribution in [3.63, 3.8) is 0 Å². The number of anilines is 1. The highest BCUT2D eigenvalue weighted by Gasteiger charge is 2.28. The second-order valence-electron chi connectivity index (χ2n) is 8.64. The van der Waals surface area contributed by atoms with Crippen molar-refractivity contribution in [2.45, 2.75) is 58.5 Å². The van der Waals surface area contributed by atoms with Crippen molar-refractivity contribution >= 4 is 16.7 Å². The van der Waals surface area contributed by atoms with Gasteiger partial charge < -0.3 is 19.5 Å². The van der Waals surface area contributed by atoms with E-state index in [1.165, 1.54) is 0 Å². The summed E-state index contributed by atoms with van der Waals surface area (Å²) >= 11 is 0. The molecule has 8 heteroatoms. The number of nitriles is 1. The van der Waals surface area contributed by atoms with Gasteiger partial charge in [0, 0.05) is 37.7 Å². The highest BCUT2D eigenvalue weighted by Crippen LogP contribution is 2.37. The Morgan fingerprint density at radius 1 is 1.27 bits per heavy atom. The predicted octanol–water partition coefficient (Wildman–Crippen LogP) is 4.01. The number of piperidine rings is 1. The van der Waals surface area contributed by atoms with E-state index in [1.807, 2.05) is 12.1 Å². The van der Waals surface area contributed by atoms with Crippen LogP contribution in [-0.4, -0.2) is 54.0 Å². The normalized spacial score (nSPS) is 15.7. The lowest BCUT2D eigenvalue weighted by Crippen LogP contribution is -2.47. The summed E-state index contributed by atoms with van der Waals surface area (Å²) in [7, 11) is 1.75. The molecule has 0 aliphatic carbocycles. The average molecular weight is 449 g/mol. The number of nitrogens with zero attached hydrogens (tertiary/aromatic N) is 5. The molecule has 0 spiro atoms. The fraction of sp³-hybridized carbons (Fsp3) is 0.520. The van der Waals surface area contributed by atoms with Gasteiger partial charge in [0.15, 0.2) is 5.82 Å². The van der Waals surface area contributed by atoms with Gasteiger partial charge in [0.25, 0.3) is 5.89 Å². The SMILES string of the molecule is CCc1ccc2nc(N3CCC(NC(CC)COC)CC3)c(-c3nc(C)no3)c(C#N)c2c1. The lowest BCUT2D eigenvalue weighted by molar-refractivity contribution is 0.155. The van der Waals surface area contributed by atoms with E-state index in [0.717, 1.165) is 67.7 Å². The first-order chi connectivity index (χ1) is 16.1. The average Bonchev–Trinajstić information content (AvgIpc) is 3.28. The van der Waals surface area contributed by atoms with Gasteiger partial charge in [-0.15, -0.1) is 0 Å². The Kier molecular flexibility index (Phi) is 7.21. The number of benzene rings is 1. The van der Waals surface area contributed by atoms with Gasteiger partial charge >= 0.3 is 0 Å². The minimum atomic E-state index is 0.349. The summed E-state index contributed by atoms with van der Waals surface area (Å²) in [6.07, 6.45) is 3.89. The molecule has 1 aromatic carbocycles. The van der Waals surface area contributed by atoms with Gasteiger partial charge in [-0.05, 0) is 50.3 Å². The first-order valence-corrected chi connectivity index (χ1v) is 11.7. The van der Waals surface area contributed by atoms with Crippen LogP contribution in [0.5, 0.6) is 0 Å². The molecule has 0 saturated carbocycles. The van der Waals surface area contributed by atoms with Crippen molar-refractivity contribution in [3.8, 4) is 17.5 Å². The van der Waals surface area contributed by atoms with Crippen LogP contribution in [0.15, 0.2) is 22.7 Å². The van der Waals surface area contributed by atoms with E-state index in [9.17, 15) is 5.26 Å². The molecule has 33 heavy (non-hydrogen) atoms. The number of aromatic nitrogens is 3. The van der Waals surface area contributed by atoms with Gasteiger partial charge in [0.2, 0.25) is 0 Å². The maximum Gasteiger partial charge on any atom is 0.263 e. The monoisotopic (exact) mass is 448 g/mol. The molecule has 0 bridgehead atoms. The van der Waals surface area contributed by atoms with E-state index < -0.39 is 0 Å². The van der Waals surface area contributed by atoms with Crippen LogP contribution >= 0.6 is 0 Å². The number of pyridine rings is 1. The fourth-order valence-corrected chi connectivity index (χ4v) is 4.54. The Labute approximate surface area is 194 Å². The smallest absolute Gasteiger partial charge is 0.263 e. The molecule has 1 aliphatic heterocycles. The van der Waals surface area contributed by atoms with E-state index in [-0.39, 0.29) is 0 Å². The molecule has 0 amide bonds. The number of fused-ring (bicyclic) bond motifs is 1. The lowest BCUT2D eigenvalue weighted by atomic mass is 9.98. The molecule has 1 unspecified atom stereocenters. The molecule has 4 rings (SSSR count). The van der Waals surface area contributed by atoms with E-state index in [4.69, 9.17) is 14.2 Å². The summed E-state index contributed by atoms with van der Waals surface area (Å²) in [6.45, 7) is 8.44. The van der Waals surface area contributed by atoms with Gasteiger partial charge in [0.05, 0.1) is 17.7 Å². The Hall–Kier alpha value is -3.02. The Balaban J connectivity index is 1.71. The van der Waals surface area contributed by atoms with E-state index >= 15 is 0 Å². The first kappa shape index (κ1) is 23.1.